The van der Waals surface area contributed by atoms with Gasteiger partial charge in [-0.3, -0.25) is 9.52 Å². The summed E-state index contributed by atoms with van der Waals surface area (Å²) in [6, 6.07) is 21.0. The standard InChI is InChI=1S/C25H25N3O3S2/c1-18-7-12-24(15-19(18)2)33(30,31)28-23-10-8-20(9-11-23)25(29)27-13-14-32-17-22-6-4-3-5-21(22)16-26/h3-12,15,28H,13-14,17H2,1-2H3,(H,27,29). The van der Waals surface area contributed by atoms with Gasteiger partial charge in [-0.2, -0.15) is 17.0 Å². The predicted octanol–water partition coefficient (Wildman–Crippen LogP) is 4.64. The number of amides is 1. The van der Waals surface area contributed by atoms with Gasteiger partial charge in [-0.05, 0) is 73.0 Å². The minimum atomic E-state index is -3.71. The number of thioether (sulfide) groups is 1. The summed E-state index contributed by atoms with van der Waals surface area (Å²) in [5.74, 6) is 1.19. The lowest BCUT2D eigenvalue weighted by atomic mass is 10.1. The van der Waals surface area contributed by atoms with Crippen molar-refractivity contribution in [1.82, 2.24) is 5.32 Å². The molecule has 0 aromatic heterocycles. The van der Waals surface area contributed by atoms with Crippen LogP contribution in [0.15, 0.2) is 71.6 Å². The molecule has 0 spiro atoms. The number of hydrogen-bond acceptors (Lipinski definition) is 5. The molecule has 0 bridgehead atoms. The molecule has 8 heteroatoms. The van der Waals surface area contributed by atoms with Crippen molar-refractivity contribution in [1.29, 1.82) is 5.26 Å². The Morgan fingerprint density at radius 3 is 2.42 bits per heavy atom. The van der Waals surface area contributed by atoms with Crippen molar-refractivity contribution in [3.05, 3.63) is 94.5 Å². The zero-order valence-corrected chi connectivity index (χ0v) is 20.1. The lowest BCUT2D eigenvalue weighted by Gasteiger charge is -2.11. The highest BCUT2D eigenvalue weighted by molar-refractivity contribution is 7.98. The molecule has 0 unspecified atom stereocenters. The van der Waals surface area contributed by atoms with Crippen LogP contribution in [0.1, 0.15) is 32.6 Å². The van der Waals surface area contributed by atoms with Crippen LogP contribution in [0.2, 0.25) is 0 Å². The molecular formula is C25H25N3O3S2. The second kappa shape index (κ2) is 11.0. The summed E-state index contributed by atoms with van der Waals surface area (Å²) in [4.78, 5) is 12.6. The van der Waals surface area contributed by atoms with Crippen LogP contribution >= 0.6 is 11.8 Å². The van der Waals surface area contributed by atoms with E-state index in [1.807, 2.05) is 32.0 Å². The highest BCUT2D eigenvalue weighted by Crippen LogP contribution is 2.19. The number of anilines is 1. The van der Waals surface area contributed by atoms with Crippen LogP contribution in [0.3, 0.4) is 0 Å². The second-order valence-corrected chi connectivity index (χ2v) is 10.3. The molecule has 1 amide bonds. The quantitative estimate of drug-likeness (QED) is 0.436. The minimum Gasteiger partial charge on any atom is -0.351 e. The van der Waals surface area contributed by atoms with Crippen LogP contribution in [0.5, 0.6) is 0 Å². The molecule has 2 N–H and O–H groups in total. The van der Waals surface area contributed by atoms with Crippen molar-refractivity contribution >= 4 is 33.4 Å². The van der Waals surface area contributed by atoms with Gasteiger partial charge in [0.15, 0.2) is 0 Å². The zero-order valence-electron chi connectivity index (χ0n) is 18.5. The van der Waals surface area contributed by atoms with Crippen molar-refractivity contribution in [2.45, 2.75) is 24.5 Å². The fourth-order valence-corrected chi connectivity index (χ4v) is 5.07. The number of sulfonamides is 1. The van der Waals surface area contributed by atoms with Crippen molar-refractivity contribution in [2.24, 2.45) is 0 Å². The maximum atomic E-state index is 12.6. The Balaban J connectivity index is 1.49. The van der Waals surface area contributed by atoms with Crippen LogP contribution in [-0.4, -0.2) is 26.6 Å². The first-order valence-corrected chi connectivity index (χ1v) is 13.0. The van der Waals surface area contributed by atoms with Gasteiger partial charge in [-0.15, -0.1) is 0 Å². The maximum absolute atomic E-state index is 12.6. The van der Waals surface area contributed by atoms with Crippen LogP contribution in [0, 0.1) is 25.2 Å². The van der Waals surface area contributed by atoms with Gasteiger partial charge < -0.3 is 5.32 Å². The van der Waals surface area contributed by atoms with Gasteiger partial charge in [0.05, 0.1) is 16.5 Å². The van der Waals surface area contributed by atoms with Gasteiger partial charge >= 0.3 is 0 Å². The monoisotopic (exact) mass is 479 g/mol. The molecule has 6 nitrogen and oxygen atoms in total. The summed E-state index contributed by atoms with van der Waals surface area (Å²) < 4.78 is 27.8. The average molecular weight is 480 g/mol. The van der Waals surface area contributed by atoms with Crippen molar-refractivity contribution in [2.75, 3.05) is 17.0 Å². The van der Waals surface area contributed by atoms with E-state index < -0.39 is 10.0 Å². The molecule has 3 aromatic carbocycles. The molecule has 3 aromatic rings. The molecule has 0 aliphatic rings. The summed E-state index contributed by atoms with van der Waals surface area (Å²) in [6.45, 7) is 4.28. The van der Waals surface area contributed by atoms with Crippen molar-refractivity contribution in [3.8, 4) is 6.07 Å². The summed E-state index contributed by atoms with van der Waals surface area (Å²) in [5.41, 5.74) is 4.41. The Labute approximate surface area is 199 Å². The third-order valence-electron chi connectivity index (χ3n) is 5.12. The first-order chi connectivity index (χ1) is 15.8. The van der Waals surface area contributed by atoms with E-state index in [0.717, 1.165) is 16.7 Å². The first-order valence-electron chi connectivity index (χ1n) is 10.3. The summed E-state index contributed by atoms with van der Waals surface area (Å²) in [6.07, 6.45) is 0. The molecule has 0 fully saturated rings. The number of carbonyl (C=O) groups excluding carboxylic acids is 1. The molecule has 3 rings (SSSR count). The minimum absolute atomic E-state index is 0.197. The van der Waals surface area contributed by atoms with Gasteiger partial charge in [-0.25, -0.2) is 8.42 Å². The molecule has 0 heterocycles. The Kier molecular flexibility index (Phi) is 8.15. The molecule has 0 aliphatic heterocycles. The van der Waals surface area contributed by atoms with E-state index in [4.69, 9.17) is 5.26 Å². The summed E-state index contributed by atoms with van der Waals surface area (Å²) >= 11 is 1.64. The third-order valence-corrected chi connectivity index (χ3v) is 7.50. The van der Waals surface area contributed by atoms with E-state index in [2.05, 4.69) is 16.1 Å². The van der Waals surface area contributed by atoms with Crippen LogP contribution in [0.25, 0.3) is 0 Å². The average Bonchev–Trinajstić information content (AvgIpc) is 2.81. The van der Waals surface area contributed by atoms with Crippen LogP contribution in [0.4, 0.5) is 5.69 Å². The molecular weight excluding hydrogens is 454 g/mol. The number of nitrogens with zero attached hydrogens (tertiary/aromatic N) is 1. The Bertz CT molecular complexity index is 1280. The summed E-state index contributed by atoms with van der Waals surface area (Å²) in [5, 5.41) is 12.0. The smallest absolute Gasteiger partial charge is 0.261 e. The Morgan fingerprint density at radius 2 is 1.73 bits per heavy atom. The van der Waals surface area contributed by atoms with Crippen molar-refractivity contribution < 1.29 is 13.2 Å². The van der Waals surface area contributed by atoms with Crippen LogP contribution < -0.4 is 10.0 Å². The Morgan fingerprint density at radius 1 is 1.00 bits per heavy atom. The zero-order chi connectivity index (χ0) is 23.8. The molecule has 170 valence electrons. The number of carbonyl (C=O) groups is 1. The fourth-order valence-electron chi connectivity index (χ4n) is 3.06. The second-order valence-electron chi connectivity index (χ2n) is 7.51. The topological polar surface area (TPSA) is 99.1 Å². The van der Waals surface area contributed by atoms with Gasteiger partial charge in [0.1, 0.15) is 0 Å². The van der Waals surface area contributed by atoms with E-state index in [0.29, 0.717) is 34.9 Å². The summed E-state index contributed by atoms with van der Waals surface area (Å²) in [7, 11) is -3.71. The Hall–Kier alpha value is -3.28. The number of nitriles is 1. The largest absolute Gasteiger partial charge is 0.351 e. The maximum Gasteiger partial charge on any atom is 0.261 e. The van der Waals surface area contributed by atoms with Gasteiger partial charge in [-0.1, -0.05) is 24.3 Å². The predicted molar refractivity (Wildman–Crippen MR) is 133 cm³/mol. The van der Waals surface area contributed by atoms with Crippen molar-refractivity contribution in [3.63, 3.8) is 0 Å². The fraction of sp³-hybridized carbons (Fsp3) is 0.200. The van der Waals surface area contributed by atoms with E-state index in [9.17, 15) is 13.2 Å². The van der Waals surface area contributed by atoms with E-state index in [-0.39, 0.29) is 10.8 Å². The van der Waals surface area contributed by atoms with Gasteiger partial charge in [0, 0.05) is 29.3 Å². The first kappa shape index (κ1) is 24.4. The molecule has 33 heavy (non-hydrogen) atoms. The lowest BCUT2D eigenvalue weighted by Crippen LogP contribution is -2.25. The number of hydrogen-bond donors (Lipinski definition) is 2. The number of rotatable bonds is 9. The SMILES string of the molecule is Cc1ccc(S(=O)(=O)Nc2ccc(C(=O)NCCSCc3ccccc3C#N)cc2)cc1C. The van der Waals surface area contributed by atoms with E-state index in [1.54, 1.807) is 60.3 Å². The highest BCUT2D eigenvalue weighted by atomic mass is 32.2. The normalized spacial score (nSPS) is 10.9. The molecule has 0 atom stereocenters. The van der Waals surface area contributed by atoms with E-state index >= 15 is 0 Å². The highest BCUT2D eigenvalue weighted by Gasteiger charge is 2.15. The molecule has 0 radical (unpaired) electrons. The number of nitrogens with one attached hydrogen (secondary N) is 2. The lowest BCUT2D eigenvalue weighted by molar-refractivity contribution is 0.0956. The number of benzene rings is 3. The molecule has 0 saturated carbocycles. The van der Waals surface area contributed by atoms with Gasteiger partial charge in [0.2, 0.25) is 0 Å². The molecule has 0 saturated heterocycles. The van der Waals surface area contributed by atoms with Crippen LogP contribution in [-0.2, 0) is 15.8 Å². The number of aryl methyl sites for hydroxylation is 2. The third kappa shape index (κ3) is 6.60. The van der Waals surface area contributed by atoms with E-state index in [1.165, 1.54) is 0 Å². The van der Waals surface area contributed by atoms with Gasteiger partial charge in [0.25, 0.3) is 15.9 Å². The molecule has 0 aliphatic carbocycles.